The van der Waals surface area contributed by atoms with Crippen molar-refractivity contribution in [3.8, 4) is 11.1 Å². The van der Waals surface area contributed by atoms with Gasteiger partial charge in [-0.1, -0.05) is 24.3 Å². The van der Waals surface area contributed by atoms with Crippen LogP contribution in [0.15, 0.2) is 160 Å². The van der Waals surface area contributed by atoms with Gasteiger partial charge in [0, 0.05) is 0 Å². The second-order valence-electron chi connectivity index (χ2n) is 12.6. The van der Waals surface area contributed by atoms with Gasteiger partial charge in [0.1, 0.15) is 22.7 Å². The third kappa shape index (κ3) is 10.6. The fourth-order valence-corrected chi connectivity index (χ4v) is 6.22. The summed E-state index contributed by atoms with van der Waals surface area (Å²) in [5.74, 6) is 0. The Morgan fingerprint density at radius 1 is 0.407 bits per heavy atom. The number of benzene rings is 6. The van der Waals surface area contributed by atoms with Gasteiger partial charge in [0.25, 0.3) is 20.2 Å². The van der Waals surface area contributed by atoms with Gasteiger partial charge in [-0.15, -0.1) is 20.5 Å². The molecule has 294 valence electrons. The smallest absolute Gasteiger partial charge is 0.397 e. The van der Waals surface area contributed by atoms with Crippen LogP contribution >= 0.6 is 0 Å². The summed E-state index contributed by atoms with van der Waals surface area (Å²) in [5.41, 5.74) is 31.8. The van der Waals surface area contributed by atoms with Crippen LogP contribution in [0.1, 0.15) is 11.1 Å². The molecule has 6 rings (SSSR count). The molecule has 0 saturated carbocycles. The predicted molar refractivity (Wildman–Crippen MR) is 221 cm³/mol. The van der Waals surface area contributed by atoms with Crippen molar-refractivity contribution >= 4 is 88.5 Å². The zero-order valence-electron chi connectivity index (χ0n) is 31.6. The third-order valence-electron chi connectivity index (χ3n) is 8.54. The first-order valence-corrected chi connectivity index (χ1v) is 19.8. The predicted octanol–water partition coefficient (Wildman–Crippen LogP) is 7.46. The summed E-state index contributed by atoms with van der Waals surface area (Å²) in [7, 11) is -8.70. The van der Waals surface area contributed by atoms with Gasteiger partial charge in [0.05, 0.1) is 55.3 Å². The van der Waals surface area contributed by atoms with Gasteiger partial charge in [-0.25, -0.2) is 0 Å². The maximum absolute atomic E-state index is 11.3. The van der Waals surface area contributed by atoms with E-state index in [2.05, 4.69) is 40.9 Å². The fraction of sp³-hybridized carbons (Fsp3) is 0.0526. The standard InChI is InChI=1S/C38H34N12O6S2.Na/c1-21-19-31(35(41)37(33(21)39)49-45-27-11-15-29(16-12-27)57(51,52)53)47-43-25-7-3-23(4-8-25)24-5-9-26(10-6-24)44-48-32-20-22(2)34(40)38(36(32)42)50-46-28-13-17-30(18-14-28)58(54,55)56;/h3-20H,39-42H2,1-2H3,(H,51,52,53)(H,54,55,56);/q;+1. The van der Waals surface area contributed by atoms with Crippen LogP contribution in [-0.4, -0.2) is 25.9 Å². The molecule has 0 fully saturated rings. The van der Waals surface area contributed by atoms with Crippen molar-refractivity contribution in [2.24, 2.45) is 40.9 Å². The molecule has 0 aliphatic heterocycles. The Labute approximate surface area is 360 Å². The molecule has 0 aliphatic carbocycles. The molecule has 21 heteroatoms. The number of azo groups is 4. The van der Waals surface area contributed by atoms with Crippen LogP contribution in [0.25, 0.3) is 11.1 Å². The quantitative estimate of drug-likeness (QED) is 0.0324. The first-order chi connectivity index (χ1) is 27.5. The van der Waals surface area contributed by atoms with Crippen LogP contribution < -0.4 is 52.5 Å². The molecule has 0 aromatic heterocycles. The van der Waals surface area contributed by atoms with E-state index in [9.17, 15) is 25.9 Å². The number of nitrogens with two attached hydrogens (primary N) is 4. The first-order valence-electron chi connectivity index (χ1n) is 16.9. The van der Waals surface area contributed by atoms with Gasteiger partial charge in [-0.3, -0.25) is 9.11 Å². The number of nitrogens with zero attached hydrogens (tertiary/aromatic N) is 8. The van der Waals surface area contributed by atoms with E-state index in [-0.39, 0.29) is 73.5 Å². The van der Waals surface area contributed by atoms with Crippen LogP contribution in [0.5, 0.6) is 0 Å². The van der Waals surface area contributed by atoms with Crippen molar-refractivity contribution in [2.75, 3.05) is 22.9 Å². The average Bonchev–Trinajstić information content (AvgIpc) is 3.19. The molecular formula is C38H34N12NaO6S2+. The molecule has 59 heavy (non-hydrogen) atoms. The Morgan fingerprint density at radius 3 is 0.966 bits per heavy atom. The average molecular weight is 842 g/mol. The summed E-state index contributed by atoms with van der Waals surface area (Å²) >= 11 is 0. The summed E-state index contributed by atoms with van der Waals surface area (Å²) in [6.45, 7) is 3.52. The second kappa shape index (κ2) is 18.1. The summed E-state index contributed by atoms with van der Waals surface area (Å²) < 4.78 is 63.6. The fourth-order valence-electron chi connectivity index (χ4n) is 5.26. The molecule has 18 nitrogen and oxygen atoms in total. The van der Waals surface area contributed by atoms with E-state index in [1.54, 1.807) is 50.2 Å². The molecule has 0 bridgehead atoms. The SMILES string of the molecule is Cc1cc(N=Nc2ccc(-c3ccc(N=Nc4cc(C)c(N)c(N=Nc5ccc(S(=O)(=O)O)cc5)c4N)cc3)cc2)c(N)c(N=Nc2ccc(S(=O)(=O)O)cc2)c1N.[Na+]. The molecule has 0 heterocycles. The van der Waals surface area contributed by atoms with Crippen LogP contribution in [-0.2, 0) is 20.2 Å². The molecule has 0 unspecified atom stereocenters. The topological polar surface area (TPSA) is 312 Å². The molecule has 6 aromatic rings. The molecule has 0 atom stereocenters. The van der Waals surface area contributed by atoms with Crippen molar-refractivity contribution in [2.45, 2.75) is 23.6 Å². The monoisotopic (exact) mass is 841 g/mol. The Hall–Kier alpha value is -6.26. The number of aryl methyl sites for hydroxylation is 2. The van der Waals surface area contributed by atoms with Gasteiger partial charge in [0.15, 0.2) is 0 Å². The third-order valence-corrected chi connectivity index (χ3v) is 10.3. The zero-order chi connectivity index (χ0) is 41.8. The van der Waals surface area contributed by atoms with Crippen molar-refractivity contribution in [3.63, 3.8) is 0 Å². The summed E-state index contributed by atoms with van der Waals surface area (Å²) in [6, 6.07) is 28.3. The minimum atomic E-state index is -4.35. The number of nitrogen functional groups attached to an aromatic ring is 4. The van der Waals surface area contributed by atoms with Crippen LogP contribution in [0, 0.1) is 13.8 Å². The van der Waals surface area contributed by atoms with E-state index in [1.807, 2.05) is 24.3 Å². The van der Waals surface area contributed by atoms with Crippen molar-refractivity contribution in [1.29, 1.82) is 0 Å². The summed E-state index contributed by atoms with van der Waals surface area (Å²) in [6.07, 6.45) is 0. The Morgan fingerprint density at radius 2 is 0.678 bits per heavy atom. The van der Waals surface area contributed by atoms with Crippen LogP contribution in [0.4, 0.5) is 68.2 Å². The maximum Gasteiger partial charge on any atom is 1.00 e. The van der Waals surface area contributed by atoms with E-state index in [4.69, 9.17) is 22.9 Å². The van der Waals surface area contributed by atoms with E-state index in [0.29, 0.717) is 45.3 Å². The molecular weight excluding hydrogens is 808 g/mol. The van der Waals surface area contributed by atoms with E-state index in [1.165, 1.54) is 48.5 Å². The molecule has 6 aromatic carbocycles. The Bertz CT molecular complexity index is 2670. The Balaban J connectivity index is 0.00000661. The molecule has 0 saturated heterocycles. The van der Waals surface area contributed by atoms with Gasteiger partial charge < -0.3 is 22.9 Å². The van der Waals surface area contributed by atoms with Gasteiger partial charge in [-0.2, -0.15) is 37.3 Å². The number of anilines is 4. The van der Waals surface area contributed by atoms with Gasteiger partial charge in [0.2, 0.25) is 0 Å². The van der Waals surface area contributed by atoms with Gasteiger partial charge in [-0.05, 0) is 121 Å². The largest absolute Gasteiger partial charge is 1.00 e. The second-order valence-corrected chi connectivity index (χ2v) is 15.5. The number of rotatable bonds is 11. The van der Waals surface area contributed by atoms with Crippen molar-refractivity contribution in [3.05, 3.63) is 120 Å². The normalized spacial score (nSPS) is 12.2. The number of hydrogen-bond donors (Lipinski definition) is 6. The van der Waals surface area contributed by atoms with Gasteiger partial charge >= 0.3 is 29.6 Å². The van der Waals surface area contributed by atoms with Crippen LogP contribution in [0.2, 0.25) is 0 Å². The zero-order valence-corrected chi connectivity index (χ0v) is 35.3. The van der Waals surface area contributed by atoms with Crippen molar-refractivity contribution in [1.82, 2.24) is 0 Å². The molecule has 0 radical (unpaired) electrons. The molecule has 10 N–H and O–H groups in total. The van der Waals surface area contributed by atoms with E-state index in [0.717, 1.165) is 11.1 Å². The summed E-state index contributed by atoms with van der Waals surface area (Å²) in [4.78, 5) is -0.557. The molecule has 0 spiro atoms. The minimum absolute atomic E-state index is 0. The van der Waals surface area contributed by atoms with E-state index < -0.39 is 20.2 Å². The van der Waals surface area contributed by atoms with Crippen molar-refractivity contribution < 1.29 is 55.5 Å². The maximum atomic E-state index is 11.3. The minimum Gasteiger partial charge on any atom is -0.397 e. The number of hydrogen-bond acceptors (Lipinski definition) is 16. The summed E-state index contributed by atoms with van der Waals surface area (Å²) in [5, 5.41) is 33.8. The van der Waals surface area contributed by atoms with Crippen LogP contribution in [0.3, 0.4) is 0 Å². The van der Waals surface area contributed by atoms with E-state index >= 15 is 0 Å². The Kier molecular flexibility index (Phi) is 13.5. The molecule has 0 amide bonds. The molecule has 0 aliphatic rings. The first kappa shape index (κ1) is 43.9.